The van der Waals surface area contributed by atoms with Crippen molar-refractivity contribution in [2.24, 2.45) is 0 Å². The van der Waals surface area contributed by atoms with Crippen LogP contribution in [0.1, 0.15) is 46.3 Å². The summed E-state index contributed by atoms with van der Waals surface area (Å²) in [5, 5.41) is 9.84. The number of thiazole rings is 1. The summed E-state index contributed by atoms with van der Waals surface area (Å²) in [6, 6.07) is 7.75. The zero-order valence-corrected chi connectivity index (χ0v) is 20.9. The van der Waals surface area contributed by atoms with Crippen molar-refractivity contribution >= 4 is 46.3 Å². The van der Waals surface area contributed by atoms with Crippen molar-refractivity contribution < 1.29 is 32.6 Å². The lowest BCUT2D eigenvalue weighted by Gasteiger charge is -2.16. The maximum Gasteiger partial charge on any atom is 0.416 e. The molecule has 1 aromatic heterocycles. The predicted octanol–water partition coefficient (Wildman–Crippen LogP) is 7.50. The van der Waals surface area contributed by atoms with E-state index in [0.29, 0.717) is 26.7 Å². The maximum absolute atomic E-state index is 12.8. The van der Waals surface area contributed by atoms with E-state index in [2.05, 4.69) is 4.98 Å². The topological polar surface area (TPSA) is 76.5 Å². The fraction of sp³-hybridized carbons (Fsp3) is 0.292. The summed E-state index contributed by atoms with van der Waals surface area (Å²) in [4.78, 5) is 28.8. The first-order valence-corrected chi connectivity index (χ1v) is 12.0. The number of aryl methyl sites for hydroxylation is 2. The second-order valence-corrected chi connectivity index (χ2v) is 9.39. The van der Waals surface area contributed by atoms with Crippen LogP contribution in [0.4, 0.5) is 13.2 Å². The lowest BCUT2D eigenvalue weighted by atomic mass is 10.1. The summed E-state index contributed by atoms with van der Waals surface area (Å²) in [5.41, 5.74) is 0.807. The summed E-state index contributed by atoms with van der Waals surface area (Å²) >= 11 is 13.7. The highest BCUT2D eigenvalue weighted by molar-refractivity contribution is 7.17. The summed E-state index contributed by atoms with van der Waals surface area (Å²) in [7, 11) is 0. The van der Waals surface area contributed by atoms with Gasteiger partial charge in [0.25, 0.3) is 0 Å². The van der Waals surface area contributed by atoms with E-state index in [0.717, 1.165) is 23.5 Å². The minimum atomic E-state index is -4.43. The molecule has 186 valence electrons. The zero-order chi connectivity index (χ0) is 25.9. The minimum absolute atomic E-state index is 0.0647. The molecule has 35 heavy (non-hydrogen) atoms. The van der Waals surface area contributed by atoms with Crippen LogP contribution in [0.25, 0.3) is 10.6 Å². The lowest BCUT2D eigenvalue weighted by molar-refractivity contribution is -0.145. The molecular formula is C24H20Cl2F3NO4S. The summed E-state index contributed by atoms with van der Waals surface area (Å²) in [5.74, 6) is -1.17. The van der Waals surface area contributed by atoms with E-state index in [1.54, 1.807) is 19.9 Å². The van der Waals surface area contributed by atoms with E-state index in [-0.39, 0.29) is 40.8 Å². The molecule has 0 radical (unpaired) electrons. The standard InChI is InChI=1S/C24H20Cl2F3NO4S/c1-3-17(23(32)33)34-18-11-7-13(19(25)20(18)26)6-10-16(31)21-12(2)30-22(35-21)14-4-8-15(9-5-14)24(27,28)29/h4-5,7-9,11,17H,3,6,10H2,1-2H3,(H,32,33). The van der Waals surface area contributed by atoms with Crippen LogP contribution in [0, 0.1) is 6.92 Å². The van der Waals surface area contributed by atoms with Crippen molar-refractivity contribution in [2.75, 3.05) is 0 Å². The molecule has 0 amide bonds. The van der Waals surface area contributed by atoms with Crippen LogP contribution >= 0.6 is 34.5 Å². The number of alkyl halides is 3. The van der Waals surface area contributed by atoms with Crippen LogP contribution in [-0.2, 0) is 17.4 Å². The normalized spacial score (nSPS) is 12.4. The molecule has 0 aliphatic rings. The van der Waals surface area contributed by atoms with E-state index in [4.69, 9.17) is 33.0 Å². The molecule has 0 saturated carbocycles. The van der Waals surface area contributed by atoms with Gasteiger partial charge in [-0.1, -0.05) is 48.3 Å². The van der Waals surface area contributed by atoms with Crippen LogP contribution in [0.15, 0.2) is 36.4 Å². The Labute approximate surface area is 213 Å². The second-order valence-electron chi connectivity index (χ2n) is 7.64. The number of halogens is 5. The van der Waals surface area contributed by atoms with Crippen LogP contribution in [0.2, 0.25) is 10.0 Å². The molecule has 0 saturated heterocycles. The molecule has 0 aliphatic carbocycles. The van der Waals surface area contributed by atoms with Gasteiger partial charge in [0.2, 0.25) is 0 Å². The Morgan fingerprint density at radius 2 is 1.77 bits per heavy atom. The fourth-order valence-electron chi connectivity index (χ4n) is 3.26. The Balaban J connectivity index is 1.72. The number of ketones is 1. The molecule has 0 aliphatic heterocycles. The van der Waals surface area contributed by atoms with Gasteiger partial charge in [-0.25, -0.2) is 9.78 Å². The average Bonchev–Trinajstić information content (AvgIpc) is 3.20. The molecule has 1 atom stereocenters. The monoisotopic (exact) mass is 545 g/mol. The molecule has 0 fully saturated rings. The third kappa shape index (κ3) is 6.34. The average molecular weight is 546 g/mol. The number of Topliss-reactive ketones (excluding diaryl/α,β-unsaturated/α-hetero) is 1. The number of aliphatic carboxylic acids is 1. The fourth-order valence-corrected chi connectivity index (χ4v) is 4.78. The van der Waals surface area contributed by atoms with Gasteiger partial charge in [0.1, 0.15) is 15.8 Å². The van der Waals surface area contributed by atoms with Gasteiger partial charge in [-0.05, 0) is 43.5 Å². The quantitative estimate of drug-likeness (QED) is 0.281. The lowest BCUT2D eigenvalue weighted by Crippen LogP contribution is -2.26. The zero-order valence-electron chi connectivity index (χ0n) is 18.6. The Morgan fingerprint density at radius 1 is 1.11 bits per heavy atom. The number of nitrogens with zero attached hydrogens (tertiary/aromatic N) is 1. The molecule has 0 spiro atoms. The molecule has 0 bridgehead atoms. The number of carboxylic acid groups (broad SMARTS) is 1. The van der Waals surface area contributed by atoms with Crippen LogP contribution < -0.4 is 4.74 Å². The predicted molar refractivity (Wildman–Crippen MR) is 129 cm³/mol. The Kier molecular flexibility index (Phi) is 8.46. The smallest absolute Gasteiger partial charge is 0.416 e. The van der Waals surface area contributed by atoms with Gasteiger partial charge < -0.3 is 9.84 Å². The van der Waals surface area contributed by atoms with Crippen LogP contribution in [0.3, 0.4) is 0 Å². The van der Waals surface area contributed by atoms with E-state index >= 15 is 0 Å². The number of benzene rings is 2. The van der Waals surface area contributed by atoms with Crippen molar-refractivity contribution in [3.8, 4) is 16.3 Å². The van der Waals surface area contributed by atoms with Gasteiger partial charge in [-0.2, -0.15) is 13.2 Å². The molecular weight excluding hydrogens is 526 g/mol. The first-order chi connectivity index (χ1) is 16.4. The van der Waals surface area contributed by atoms with Gasteiger partial charge in [0, 0.05) is 12.0 Å². The van der Waals surface area contributed by atoms with Crippen molar-refractivity contribution in [1.29, 1.82) is 0 Å². The van der Waals surface area contributed by atoms with Crippen molar-refractivity contribution in [3.63, 3.8) is 0 Å². The number of aromatic nitrogens is 1. The highest BCUT2D eigenvalue weighted by Gasteiger charge is 2.30. The number of carboxylic acids is 1. The Bertz CT molecular complexity index is 1240. The maximum atomic E-state index is 12.8. The van der Waals surface area contributed by atoms with Gasteiger partial charge in [0.05, 0.1) is 21.2 Å². The van der Waals surface area contributed by atoms with E-state index in [1.807, 2.05) is 0 Å². The second kappa shape index (κ2) is 11.0. The number of ether oxygens (including phenoxy) is 1. The van der Waals surface area contributed by atoms with Crippen molar-refractivity contribution in [1.82, 2.24) is 4.98 Å². The van der Waals surface area contributed by atoms with E-state index < -0.39 is 23.8 Å². The molecule has 11 heteroatoms. The number of hydrogen-bond acceptors (Lipinski definition) is 5. The van der Waals surface area contributed by atoms with Gasteiger partial charge in [-0.3, -0.25) is 4.79 Å². The van der Waals surface area contributed by atoms with Crippen LogP contribution in [0.5, 0.6) is 5.75 Å². The molecule has 3 rings (SSSR count). The Morgan fingerprint density at radius 3 is 2.34 bits per heavy atom. The highest BCUT2D eigenvalue weighted by atomic mass is 35.5. The first-order valence-electron chi connectivity index (χ1n) is 10.5. The molecule has 1 N–H and O–H groups in total. The largest absolute Gasteiger partial charge is 0.479 e. The number of hydrogen-bond donors (Lipinski definition) is 1. The number of rotatable bonds is 9. The highest BCUT2D eigenvalue weighted by Crippen LogP contribution is 2.37. The number of carbonyl (C=O) groups excluding carboxylic acids is 1. The summed E-state index contributed by atoms with van der Waals surface area (Å²) in [6.07, 6.45) is -4.90. The van der Waals surface area contributed by atoms with Gasteiger partial charge in [-0.15, -0.1) is 11.3 Å². The van der Waals surface area contributed by atoms with Gasteiger partial charge >= 0.3 is 12.1 Å². The molecule has 1 unspecified atom stereocenters. The van der Waals surface area contributed by atoms with Crippen molar-refractivity contribution in [2.45, 2.75) is 45.4 Å². The molecule has 1 heterocycles. The van der Waals surface area contributed by atoms with Gasteiger partial charge in [0.15, 0.2) is 11.9 Å². The minimum Gasteiger partial charge on any atom is -0.479 e. The SMILES string of the molecule is CCC(Oc1ccc(CCC(=O)c2sc(-c3ccc(C(F)(F)F)cc3)nc2C)c(Cl)c1Cl)C(=O)O. The first kappa shape index (κ1) is 27.0. The summed E-state index contributed by atoms with van der Waals surface area (Å²) < 4.78 is 43.8. The van der Waals surface area contributed by atoms with Crippen LogP contribution in [-0.4, -0.2) is 27.9 Å². The third-order valence-electron chi connectivity index (χ3n) is 5.17. The number of carbonyl (C=O) groups is 2. The molecule has 5 nitrogen and oxygen atoms in total. The van der Waals surface area contributed by atoms with Crippen molar-refractivity contribution in [3.05, 3.63) is 68.1 Å². The third-order valence-corrected chi connectivity index (χ3v) is 7.32. The molecule has 3 aromatic rings. The van der Waals surface area contributed by atoms with E-state index in [1.165, 1.54) is 18.2 Å². The molecule has 2 aromatic carbocycles. The Hall–Kier alpha value is -2.62. The van der Waals surface area contributed by atoms with E-state index in [9.17, 15) is 22.8 Å². The summed E-state index contributed by atoms with van der Waals surface area (Å²) in [6.45, 7) is 3.33.